The number of rotatable bonds is 4. The lowest BCUT2D eigenvalue weighted by Crippen LogP contribution is -1.98. The number of ether oxygens (including phenoxy) is 1. The molecule has 0 N–H and O–H groups in total. The van der Waals surface area contributed by atoms with Gasteiger partial charge >= 0.3 is 0 Å². The predicted octanol–water partition coefficient (Wildman–Crippen LogP) is 9.98. The van der Waals surface area contributed by atoms with Gasteiger partial charge in [-0.25, -0.2) is 4.85 Å². The Hall–Kier alpha value is -6.30. The predicted molar refractivity (Wildman–Crippen MR) is 178 cm³/mol. The van der Waals surface area contributed by atoms with Crippen molar-refractivity contribution < 1.29 is 4.74 Å². The van der Waals surface area contributed by atoms with Crippen molar-refractivity contribution in [3.05, 3.63) is 144 Å². The molecule has 0 spiro atoms. The van der Waals surface area contributed by atoms with Crippen LogP contribution in [0.5, 0.6) is 5.75 Å². The molecule has 0 aliphatic carbocycles. The molecule has 0 radical (unpaired) electrons. The molecule has 5 heteroatoms. The van der Waals surface area contributed by atoms with Gasteiger partial charge in [-0.3, -0.25) is 0 Å². The highest BCUT2D eigenvalue weighted by Gasteiger charge is 2.20. The van der Waals surface area contributed by atoms with E-state index in [1.807, 2.05) is 28.8 Å². The van der Waals surface area contributed by atoms with Gasteiger partial charge in [-0.2, -0.15) is 5.26 Å². The van der Waals surface area contributed by atoms with Gasteiger partial charge in [-0.05, 0) is 77.9 Å². The third kappa shape index (κ3) is 3.71. The fourth-order valence-electron chi connectivity index (χ4n) is 6.50. The number of hydrogen-bond donors (Lipinski definition) is 0. The molecule has 0 aliphatic rings. The van der Waals surface area contributed by atoms with Crippen LogP contribution in [-0.4, -0.2) is 16.2 Å². The van der Waals surface area contributed by atoms with Crippen molar-refractivity contribution >= 4 is 49.3 Å². The zero-order valence-corrected chi connectivity index (χ0v) is 23.8. The molecule has 8 aromatic rings. The maximum absolute atomic E-state index is 10.0. The first-order valence-corrected chi connectivity index (χ1v) is 14.3. The molecule has 2 heterocycles. The largest absolute Gasteiger partial charge is 0.497 e. The molecule has 0 fully saturated rings. The molecule has 44 heavy (non-hydrogen) atoms. The molecule has 0 amide bonds. The SMILES string of the molecule is [C-]#[N+]c1cccc(C#N)c1-n1c2ccc(OC)cc2c2cc(-c3ccc4c(c3)c3ccccc3n4-c3ccccc3)ccc21. The lowest BCUT2D eigenvalue weighted by Gasteiger charge is -2.12. The molecular formula is C39H24N4O. The lowest BCUT2D eigenvalue weighted by molar-refractivity contribution is 0.415. The summed E-state index contributed by atoms with van der Waals surface area (Å²) < 4.78 is 9.96. The van der Waals surface area contributed by atoms with Crippen LogP contribution in [0, 0.1) is 17.9 Å². The molecule has 8 rings (SSSR count). The molecule has 0 atom stereocenters. The van der Waals surface area contributed by atoms with Crippen LogP contribution < -0.4 is 4.74 Å². The molecule has 0 saturated carbocycles. The molecule has 2 aromatic heterocycles. The Balaban J connectivity index is 1.39. The van der Waals surface area contributed by atoms with Crippen LogP contribution >= 0.6 is 0 Å². The van der Waals surface area contributed by atoms with Gasteiger partial charge in [0.25, 0.3) is 0 Å². The quantitative estimate of drug-likeness (QED) is 0.200. The van der Waals surface area contributed by atoms with E-state index in [1.54, 1.807) is 25.3 Å². The fourth-order valence-corrected chi connectivity index (χ4v) is 6.50. The van der Waals surface area contributed by atoms with E-state index in [2.05, 4.69) is 100 Å². The van der Waals surface area contributed by atoms with E-state index < -0.39 is 0 Å². The third-order valence-electron chi connectivity index (χ3n) is 8.47. The zero-order valence-electron chi connectivity index (χ0n) is 23.8. The Kier molecular flexibility index (Phi) is 5.72. The van der Waals surface area contributed by atoms with E-state index in [0.717, 1.165) is 49.9 Å². The van der Waals surface area contributed by atoms with Gasteiger partial charge in [0.2, 0.25) is 5.69 Å². The van der Waals surface area contributed by atoms with Crippen LogP contribution in [0.25, 0.3) is 71.0 Å². The van der Waals surface area contributed by atoms with E-state index >= 15 is 0 Å². The van der Waals surface area contributed by atoms with E-state index in [9.17, 15) is 5.26 Å². The van der Waals surface area contributed by atoms with Gasteiger partial charge in [-0.15, -0.1) is 0 Å². The number of nitrogens with zero attached hydrogens (tertiary/aromatic N) is 4. The molecule has 0 bridgehead atoms. The average Bonchev–Trinajstić information content (AvgIpc) is 3.59. The number of methoxy groups -OCH3 is 1. The summed E-state index contributed by atoms with van der Waals surface area (Å²) in [5.41, 5.74) is 8.96. The summed E-state index contributed by atoms with van der Waals surface area (Å²) in [5, 5.41) is 14.4. The molecule has 0 saturated heterocycles. The van der Waals surface area contributed by atoms with Crippen LogP contribution in [0.1, 0.15) is 5.56 Å². The first kappa shape index (κ1) is 25.4. The molecular weight excluding hydrogens is 540 g/mol. The van der Waals surface area contributed by atoms with E-state index in [1.165, 1.54) is 16.3 Å². The maximum Gasteiger partial charge on any atom is 0.211 e. The number of hydrogen-bond acceptors (Lipinski definition) is 2. The van der Waals surface area contributed by atoms with Crippen LogP contribution in [-0.2, 0) is 0 Å². The van der Waals surface area contributed by atoms with E-state index in [0.29, 0.717) is 16.9 Å². The molecule has 6 aromatic carbocycles. The number of para-hydroxylation sites is 3. The minimum atomic E-state index is 0.433. The summed E-state index contributed by atoms with van der Waals surface area (Å²) in [5.74, 6) is 0.746. The Morgan fingerprint density at radius 1 is 0.614 bits per heavy atom. The van der Waals surface area contributed by atoms with Gasteiger partial charge in [0.15, 0.2) is 0 Å². The van der Waals surface area contributed by atoms with Gasteiger partial charge < -0.3 is 13.9 Å². The smallest absolute Gasteiger partial charge is 0.211 e. The van der Waals surface area contributed by atoms with Crippen molar-refractivity contribution in [2.45, 2.75) is 0 Å². The number of benzene rings is 6. The Labute approximate surface area is 253 Å². The van der Waals surface area contributed by atoms with Gasteiger partial charge in [0.05, 0.1) is 53.1 Å². The molecule has 0 unspecified atom stereocenters. The van der Waals surface area contributed by atoms with E-state index in [4.69, 9.17) is 11.3 Å². The summed E-state index contributed by atoms with van der Waals surface area (Å²) in [6.07, 6.45) is 0. The molecule has 5 nitrogen and oxygen atoms in total. The van der Waals surface area contributed by atoms with Crippen molar-refractivity contribution in [2.75, 3.05) is 7.11 Å². The summed E-state index contributed by atoms with van der Waals surface area (Å²) in [6, 6.07) is 45.6. The Morgan fingerprint density at radius 3 is 1.93 bits per heavy atom. The first-order chi connectivity index (χ1) is 21.7. The van der Waals surface area contributed by atoms with Crippen molar-refractivity contribution in [1.29, 1.82) is 5.26 Å². The summed E-state index contributed by atoms with van der Waals surface area (Å²) >= 11 is 0. The second-order valence-electron chi connectivity index (χ2n) is 10.8. The maximum atomic E-state index is 10.0. The van der Waals surface area contributed by atoms with Crippen molar-refractivity contribution in [1.82, 2.24) is 9.13 Å². The highest BCUT2D eigenvalue weighted by molar-refractivity contribution is 6.13. The van der Waals surface area contributed by atoms with Gasteiger partial charge in [-0.1, -0.05) is 60.7 Å². The standard InChI is InChI=1S/C39H24N4O/c1-41-34-13-8-9-27(24-40)39(34)43-37-19-16-26(22-32(37)33-23-29(44-2)17-20-38(33)43)25-15-18-36-31(21-25)30-12-6-7-14-35(30)42(36)28-10-4-3-5-11-28/h3-23H,2H3. The summed E-state index contributed by atoms with van der Waals surface area (Å²) in [6.45, 7) is 7.85. The van der Waals surface area contributed by atoms with Gasteiger partial charge in [0.1, 0.15) is 5.75 Å². The zero-order chi connectivity index (χ0) is 29.8. The second kappa shape index (κ2) is 9.91. The minimum Gasteiger partial charge on any atom is -0.497 e. The average molecular weight is 565 g/mol. The Bertz CT molecular complexity index is 2470. The topological polar surface area (TPSA) is 47.2 Å². The normalized spacial score (nSPS) is 11.2. The van der Waals surface area contributed by atoms with Crippen LogP contribution in [0.3, 0.4) is 0 Å². The number of aromatic nitrogens is 2. The fraction of sp³-hybridized carbons (Fsp3) is 0.0256. The molecule has 206 valence electrons. The first-order valence-electron chi connectivity index (χ1n) is 14.3. The number of fused-ring (bicyclic) bond motifs is 6. The summed E-state index contributed by atoms with van der Waals surface area (Å²) in [7, 11) is 1.66. The minimum absolute atomic E-state index is 0.433. The van der Waals surface area contributed by atoms with Crippen molar-refractivity contribution in [2.24, 2.45) is 0 Å². The lowest BCUT2D eigenvalue weighted by atomic mass is 10.0. The second-order valence-corrected chi connectivity index (χ2v) is 10.8. The van der Waals surface area contributed by atoms with Gasteiger partial charge in [0, 0.05) is 27.2 Å². The number of nitriles is 1. The van der Waals surface area contributed by atoms with Crippen LogP contribution in [0.15, 0.2) is 127 Å². The Morgan fingerprint density at radius 2 is 1.23 bits per heavy atom. The van der Waals surface area contributed by atoms with Crippen molar-refractivity contribution in [3.8, 4) is 34.3 Å². The van der Waals surface area contributed by atoms with E-state index in [-0.39, 0.29) is 0 Å². The third-order valence-corrected chi connectivity index (χ3v) is 8.47. The van der Waals surface area contributed by atoms with Crippen LogP contribution in [0.2, 0.25) is 0 Å². The molecule has 0 aliphatic heterocycles. The highest BCUT2D eigenvalue weighted by atomic mass is 16.5. The highest BCUT2D eigenvalue weighted by Crippen LogP contribution is 2.41. The van der Waals surface area contributed by atoms with Crippen molar-refractivity contribution in [3.63, 3.8) is 0 Å². The summed E-state index contributed by atoms with van der Waals surface area (Å²) in [4.78, 5) is 3.78. The monoisotopic (exact) mass is 564 g/mol. The van der Waals surface area contributed by atoms with Crippen LogP contribution in [0.4, 0.5) is 5.69 Å².